The van der Waals surface area contributed by atoms with Gasteiger partial charge in [-0.15, -0.1) is 5.10 Å². The second-order valence-electron chi connectivity index (χ2n) is 9.10. The Hall–Kier alpha value is -4.46. The number of hydrogen-bond acceptors (Lipinski definition) is 9. The number of anilines is 1. The van der Waals surface area contributed by atoms with Gasteiger partial charge in [0.05, 0.1) is 38.1 Å². The number of amides is 1. The first kappa shape index (κ1) is 26.2. The van der Waals surface area contributed by atoms with E-state index in [1.807, 2.05) is 6.07 Å². The molecule has 5 rings (SSSR count). The molecule has 4 aromatic rings. The molecule has 12 nitrogen and oxygen atoms in total. The number of hydrogen-bond donors (Lipinski definition) is 1. The van der Waals surface area contributed by atoms with E-state index in [-0.39, 0.29) is 38.6 Å². The van der Waals surface area contributed by atoms with E-state index in [2.05, 4.69) is 30.9 Å². The Labute approximate surface area is 222 Å². The van der Waals surface area contributed by atoms with Gasteiger partial charge in [-0.1, -0.05) is 6.07 Å². The number of halogens is 2. The first-order valence-electron chi connectivity index (χ1n) is 12.2. The molecule has 0 bridgehead atoms. The van der Waals surface area contributed by atoms with E-state index in [0.717, 1.165) is 11.1 Å². The summed E-state index contributed by atoms with van der Waals surface area (Å²) in [5.74, 6) is -1.88. The van der Waals surface area contributed by atoms with Crippen LogP contribution in [0, 0.1) is 0 Å². The van der Waals surface area contributed by atoms with Crippen molar-refractivity contribution in [3.8, 4) is 11.4 Å². The van der Waals surface area contributed by atoms with Crippen LogP contribution in [0.2, 0.25) is 0 Å². The van der Waals surface area contributed by atoms with Crippen LogP contribution in [0.4, 0.5) is 14.6 Å². The molecule has 3 aromatic heterocycles. The summed E-state index contributed by atoms with van der Waals surface area (Å²) in [4.78, 5) is 19.1. The predicted octanol–water partition coefficient (Wildman–Crippen LogP) is 2.23. The maximum atomic E-state index is 13.5. The van der Waals surface area contributed by atoms with Crippen molar-refractivity contribution in [2.75, 3.05) is 32.2 Å². The van der Waals surface area contributed by atoms with Crippen LogP contribution in [0.5, 0.6) is 5.75 Å². The molecule has 204 valence electrons. The fourth-order valence-corrected chi connectivity index (χ4v) is 4.39. The summed E-state index contributed by atoms with van der Waals surface area (Å²) in [6.07, 6.45) is 4.57. The minimum Gasteiger partial charge on any atom is -0.497 e. The van der Waals surface area contributed by atoms with Gasteiger partial charge in [-0.25, -0.2) is 18.4 Å². The molecule has 1 fully saturated rings. The minimum atomic E-state index is -2.69. The number of nitrogens with one attached hydrogen (secondary N) is 1. The normalized spacial score (nSPS) is 14.5. The molecule has 4 heterocycles. The zero-order valence-corrected chi connectivity index (χ0v) is 21.4. The van der Waals surface area contributed by atoms with Gasteiger partial charge >= 0.3 is 0 Å². The Balaban J connectivity index is 1.29. The van der Waals surface area contributed by atoms with Gasteiger partial charge in [0.15, 0.2) is 0 Å². The van der Waals surface area contributed by atoms with Gasteiger partial charge in [-0.3, -0.25) is 9.48 Å². The SMILES string of the molecule is COCc1nn(Cc2ccc(N3CCC(F)(F)C3)nc2)cc1C(=O)NCc1cc(OC)ccc1-n1cnnn1. The third-order valence-corrected chi connectivity index (χ3v) is 6.33. The molecule has 1 aliphatic heterocycles. The predicted molar refractivity (Wildman–Crippen MR) is 135 cm³/mol. The monoisotopic (exact) mass is 539 g/mol. The van der Waals surface area contributed by atoms with E-state index in [1.165, 1.54) is 18.1 Å². The van der Waals surface area contributed by atoms with Gasteiger partial charge in [0.2, 0.25) is 0 Å². The molecule has 0 saturated carbocycles. The highest BCUT2D eigenvalue weighted by Crippen LogP contribution is 2.29. The molecule has 1 aromatic carbocycles. The van der Waals surface area contributed by atoms with Crippen LogP contribution >= 0.6 is 0 Å². The fourth-order valence-electron chi connectivity index (χ4n) is 4.39. The van der Waals surface area contributed by atoms with Crippen molar-refractivity contribution in [2.24, 2.45) is 0 Å². The number of nitrogens with zero attached hydrogens (tertiary/aromatic N) is 8. The molecule has 39 heavy (non-hydrogen) atoms. The van der Waals surface area contributed by atoms with Gasteiger partial charge in [0.25, 0.3) is 11.8 Å². The number of methoxy groups -OCH3 is 2. The average molecular weight is 540 g/mol. The van der Waals surface area contributed by atoms with Gasteiger partial charge in [0, 0.05) is 44.6 Å². The molecule has 0 radical (unpaired) electrons. The molecular formula is C25H27F2N9O3. The number of aromatic nitrogens is 7. The van der Waals surface area contributed by atoms with Crippen molar-refractivity contribution >= 4 is 11.7 Å². The Morgan fingerprint density at radius 3 is 2.74 bits per heavy atom. The first-order valence-corrected chi connectivity index (χ1v) is 12.2. The summed E-state index contributed by atoms with van der Waals surface area (Å²) in [7, 11) is 3.09. The molecule has 1 saturated heterocycles. The van der Waals surface area contributed by atoms with Crippen molar-refractivity contribution in [1.82, 2.24) is 40.3 Å². The second-order valence-corrected chi connectivity index (χ2v) is 9.10. The zero-order chi connectivity index (χ0) is 27.4. The van der Waals surface area contributed by atoms with E-state index in [4.69, 9.17) is 9.47 Å². The molecule has 1 aliphatic rings. The second kappa shape index (κ2) is 11.1. The number of rotatable bonds is 10. The van der Waals surface area contributed by atoms with Crippen molar-refractivity contribution in [1.29, 1.82) is 0 Å². The summed E-state index contributed by atoms with van der Waals surface area (Å²) < 4.78 is 40.8. The molecule has 0 spiro atoms. The van der Waals surface area contributed by atoms with E-state index in [9.17, 15) is 13.6 Å². The van der Waals surface area contributed by atoms with Crippen LogP contribution in [0.25, 0.3) is 5.69 Å². The van der Waals surface area contributed by atoms with Crippen LogP contribution in [0.3, 0.4) is 0 Å². The highest BCUT2D eigenvalue weighted by molar-refractivity contribution is 5.95. The lowest BCUT2D eigenvalue weighted by molar-refractivity contribution is 0.0256. The standard InChI is InChI=1S/C25H27F2N9O3/c1-38-14-21-20(24(37)29-11-18-9-19(39-2)4-5-22(18)36-16-30-32-33-36)13-35(31-21)12-17-3-6-23(28-10-17)34-8-7-25(26,27)15-34/h3-6,9-10,13,16H,7-8,11-12,14-15H2,1-2H3,(H,29,37). The molecule has 1 amide bonds. The maximum Gasteiger partial charge on any atom is 0.266 e. The van der Waals surface area contributed by atoms with Crippen molar-refractivity contribution in [3.05, 3.63) is 71.4 Å². The molecule has 0 aliphatic carbocycles. The average Bonchev–Trinajstić information content (AvgIpc) is 3.68. The number of carbonyl (C=O) groups excluding carboxylic acids is 1. The maximum absolute atomic E-state index is 13.5. The Morgan fingerprint density at radius 1 is 1.21 bits per heavy atom. The van der Waals surface area contributed by atoms with Gasteiger partial charge < -0.3 is 19.7 Å². The number of ether oxygens (including phenoxy) is 2. The largest absolute Gasteiger partial charge is 0.497 e. The Morgan fingerprint density at radius 2 is 2.08 bits per heavy atom. The van der Waals surface area contributed by atoms with Crippen LogP contribution in [0.1, 0.15) is 33.6 Å². The van der Waals surface area contributed by atoms with Crippen LogP contribution in [0.15, 0.2) is 49.1 Å². The van der Waals surface area contributed by atoms with E-state index < -0.39 is 5.92 Å². The number of carbonyl (C=O) groups is 1. The third-order valence-electron chi connectivity index (χ3n) is 6.33. The fraction of sp³-hybridized carbons (Fsp3) is 0.360. The van der Waals surface area contributed by atoms with Crippen molar-refractivity contribution < 1.29 is 23.0 Å². The minimum absolute atomic E-state index is 0.144. The summed E-state index contributed by atoms with van der Waals surface area (Å²) in [6.45, 7) is 0.607. The number of benzene rings is 1. The molecule has 0 unspecified atom stereocenters. The molecule has 14 heteroatoms. The zero-order valence-electron chi connectivity index (χ0n) is 21.4. The van der Waals surface area contributed by atoms with Crippen LogP contribution in [-0.2, 0) is 24.4 Å². The smallest absolute Gasteiger partial charge is 0.266 e. The number of alkyl halides is 2. The van der Waals surface area contributed by atoms with Crippen molar-refractivity contribution in [2.45, 2.75) is 32.0 Å². The summed E-state index contributed by atoms with van der Waals surface area (Å²) >= 11 is 0. The summed E-state index contributed by atoms with van der Waals surface area (Å²) in [6, 6.07) is 8.93. The highest BCUT2D eigenvalue weighted by atomic mass is 19.3. The Kier molecular flexibility index (Phi) is 7.45. The van der Waals surface area contributed by atoms with Gasteiger partial charge in [-0.2, -0.15) is 5.10 Å². The van der Waals surface area contributed by atoms with Crippen LogP contribution in [-0.4, -0.2) is 74.1 Å². The van der Waals surface area contributed by atoms with Gasteiger partial charge in [-0.05, 0) is 40.3 Å². The summed E-state index contributed by atoms with van der Waals surface area (Å²) in [5, 5.41) is 18.7. The number of pyridine rings is 1. The Bertz CT molecular complexity index is 1430. The van der Waals surface area contributed by atoms with E-state index >= 15 is 0 Å². The lowest BCUT2D eigenvalue weighted by Gasteiger charge is -2.17. The summed E-state index contributed by atoms with van der Waals surface area (Å²) in [5.41, 5.74) is 3.10. The van der Waals surface area contributed by atoms with Gasteiger partial charge in [0.1, 0.15) is 23.6 Å². The van der Waals surface area contributed by atoms with Crippen molar-refractivity contribution in [3.63, 3.8) is 0 Å². The lowest BCUT2D eigenvalue weighted by atomic mass is 10.1. The van der Waals surface area contributed by atoms with E-state index in [1.54, 1.807) is 53.4 Å². The lowest BCUT2D eigenvalue weighted by Crippen LogP contribution is -2.25. The topological polar surface area (TPSA) is 125 Å². The quantitative estimate of drug-likeness (QED) is 0.323. The third kappa shape index (κ3) is 6.00. The highest BCUT2D eigenvalue weighted by Gasteiger charge is 2.38. The molecular weight excluding hydrogens is 512 g/mol. The first-order chi connectivity index (χ1) is 18.8. The van der Waals surface area contributed by atoms with E-state index in [0.29, 0.717) is 35.1 Å². The molecule has 1 N–H and O–H groups in total. The molecule has 0 atom stereocenters. The van der Waals surface area contributed by atoms with Crippen LogP contribution < -0.4 is 15.0 Å². The number of tetrazole rings is 1.